The molecular formula is C22H26N6O3. The van der Waals surface area contributed by atoms with E-state index < -0.39 is 0 Å². The molecule has 9 heteroatoms. The molecule has 1 aliphatic heterocycles. The van der Waals surface area contributed by atoms with Crippen LogP contribution in [-0.4, -0.2) is 75.8 Å². The van der Waals surface area contributed by atoms with Gasteiger partial charge in [0.2, 0.25) is 0 Å². The molecule has 2 heterocycles. The lowest BCUT2D eigenvalue weighted by Gasteiger charge is -2.34. The Bertz CT molecular complexity index is 1010. The van der Waals surface area contributed by atoms with Gasteiger partial charge in [0.25, 0.3) is 5.91 Å². The topological polar surface area (TPSA) is 85.6 Å². The van der Waals surface area contributed by atoms with Crippen LogP contribution >= 0.6 is 0 Å². The van der Waals surface area contributed by atoms with Gasteiger partial charge < -0.3 is 14.4 Å². The summed E-state index contributed by atoms with van der Waals surface area (Å²) in [5.74, 6) is 2.18. The van der Waals surface area contributed by atoms with Crippen LogP contribution in [0, 0.1) is 0 Å². The molecule has 162 valence electrons. The Morgan fingerprint density at radius 3 is 2.48 bits per heavy atom. The lowest BCUT2D eigenvalue weighted by atomic mass is 10.1. The van der Waals surface area contributed by atoms with Crippen molar-refractivity contribution in [3.8, 4) is 17.2 Å². The predicted octanol–water partition coefficient (Wildman–Crippen LogP) is 2.03. The number of ether oxygens (including phenoxy) is 2. The second-order valence-electron chi connectivity index (χ2n) is 7.20. The molecule has 1 aliphatic rings. The summed E-state index contributed by atoms with van der Waals surface area (Å²) in [6.07, 6.45) is 0. The van der Waals surface area contributed by atoms with Gasteiger partial charge in [0.1, 0.15) is 11.5 Å². The molecule has 0 saturated carbocycles. The highest BCUT2D eigenvalue weighted by molar-refractivity contribution is 5.97. The van der Waals surface area contributed by atoms with Crippen molar-refractivity contribution < 1.29 is 14.3 Å². The molecule has 0 radical (unpaired) electrons. The Morgan fingerprint density at radius 2 is 1.77 bits per heavy atom. The molecule has 1 fully saturated rings. The van der Waals surface area contributed by atoms with Crippen molar-refractivity contribution >= 4 is 5.91 Å². The van der Waals surface area contributed by atoms with Crippen LogP contribution in [0.3, 0.4) is 0 Å². The zero-order valence-electron chi connectivity index (χ0n) is 17.8. The first-order valence-electron chi connectivity index (χ1n) is 10.3. The van der Waals surface area contributed by atoms with Gasteiger partial charge in [0, 0.05) is 26.2 Å². The van der Waals surface area contributed by atoms with Crippen LogP contribution in [-0.2, 0) is 6.54 Å². The molecule has 1 saturated heterocycles. The van der Waals surface area contributed by atoms with Gasteiger partial charge in [-0.25, -0.2) is 0 Å². The third-order valence-electron chi connectivity index (χ3n) is 5.29. The number of tetrazole rings is 1. The van der Waals surface area contributed by atoms with E-state index in [0.717, 1.165) is 30.4 Å². The van der Waals surface area contributed by atoms with Crippen LogP contribution in [0.5, 0.6) is 11.5 Å². The minimum atomic E-state index is 0.00627. The SMILES string of the molecule is CCOc1ccccc1C(=O)N1CCN(Cc2nnnn2-c2ccc(OC)cc2)CC1. The van der Waals surface area contributed by atoms with Gasteiger partial charge in [-0.05, 0) is 53.7 Å². The van der Waals surface area contributed by atoms with Gasteiger partial charge in [-0.2, -0.15) is 4.68 Å². The molecule has 0 atom stereocenters. The average Bonchev–Trinajstić information content (AvgIpc) is 3.28. The molecule has 9 nitrogen and oxygen atoms in total. The van der Waals surface area contributed by atoms with Crippen molar-refractivity contribution in [3.05, 3.63) is 59.9 Å². The maximum Gasteiger partial charge on any atom is 0.257 e. The molecule has 1 aromatic heterocycles. The molecule has 0 unspecified atom stereocenters. The molecule has 0 aliphatic carbocycles. The maximum absolute atomic E-state index is 13.0. The van der Waals surface area contributed by atoms with Gasteiger partial charge in [-0.15, -0.1) is 5.10 Å². The summed E-state index contributed by atoms with van der Waals surface area (Å²) in [6.45, 7) is 5.83. The van der Waals surface area contributed by atoms with E-state index in [1.54, 1.807) is 11.8 Å². The molecule has 0 bridgehead atoms. The number of methoxy groups -OCH3 is 1. The predicted molar refractivity (Wildman–Crippen MR) is 114 cm³/mol. The van der Waals surface area contributed by atoms with Gasteiger partial charge in [-0.3, -0.25) is 9.69 Å². The fourth-order valence-corrected chi connectivity index (χ4v) is 3.63. The highest BCUT2D eigenvalue weighted by Gasteiger charge is 2.25. The molecular weight excluding hydrogens is 396 g/mol. The quantitative estimate of drug-likeness (QED) is 0.576. The smallest absolute Gasteiger partial charge is 0.257 e. The number of piperazine rings is 1. The normalized spacial score (nSPS) is 14.5. The number of amides is 1. The second-order valence-corrected chi connectivity index (χ2v) is 7.20. The van der Waals surface area contributed by atoms with Crippen LogP contribution in [0.1, 0.15) is 23.1 Å². The van der Waals surface area contributed by atoms with E-state index in [2.05, 4.69) is 20.4 Å². The molecule has 31 heavy (non-hydrogen) atoms. The summed E-state index contributed by atoms with van der Waals surface area (Å²) in [6, 6.07) is 15.0. The van der Waals surface area contributed by atoms with Gasteiger partial charge in [-0.1, -0.05) is 12.1 Å². The van der Waals surface area contributed by atoms with Gasteiger partial charge >= 0.3 is 0 Å². The number of benzene rings is 2. The van der Waals surface area contributed by atoms with Gasteiger partial charge in [0.05, 0.1) is 31.5 Å². The Kier molecular flexibility index (Phi) is 6.42. The average molecular weight is 422 g/mol. The summed E-state index contributed by atoms with van der Waals surface area (Å²) >= 11 is 0. The molecule has 4 rings (SSSR count). The van der Waals surface area contributed by atoms with E-state index >= 15 is 0 Å². The maximum atomic E-state index is 13.0. The number of rotatable bonds is 7. The van der Waals surface area contributed by atoms with E-state index in [1.165, 1.54) is 0 Å². The van der Waals surface area contributed by atoms with Crippen molar-refractivity contribution in [2.24, 2.45) is 0 Å². The summed E-state index contributed by atoms with van der Waals surface area (Å²) < 4.78 is 12.6. The third-order valence-corrected chi connectivity index (χ3v) is 5.29. The van der Waals surface area contributed by atoms with E-state index in [9.17, 15) is 4.79 Å². The Labute approximate surface area is 181 Å². The van der Waals surface area contributed by atoms with E-state index in [4.69, 9.17) is 9.47 Å². The molecule has 1 amide bonds. The fraction of sp³-hybridized carbons (Fsp3) is 0.364. The fourth-order valence-electron chi connectivity index (χ4n) is 3.63. The zero-order valence-corrected chi connectivity index (χ0v) is 17.8. The number of para-hydroxylation sites is 1. The van der Waals surface area contributed by atoms with Crippen LogP contribution in [0.2, 0.25) is 0 Å². The molecule has 0 spiro atoms. The van der Waals surface area contributed by atoms with Crippen molar-refractivity contribution in [1.82, 2.24) is 30.0 Å². The largest absolute Gasteiger partial charge is 0.497 e. The van der Waals surface area contributed by atoms with Crippen molar-refractivity contribution in [1.29, 1.82) is 0 Å². The Hall–Kier alpha value is -3.46. The standard InChI is InChI=1S/C22H26N6O3/c1-3-31-20-7-5-4-6-19(20)22(29)27-14-12-26(13-15-27)16-21-23-24-25-28(21)17-8-10-18(30-2)11-9-17/h4-11H,3,12-16H2,1-2H3. The van der Waals surface area contributed by atoms with Crippen molar-refractivity contribution in [3.63, 3.8) is 0 Å². The zero-order chi connectivity index (χ0) is 21.6. The Balaban J connectivity index is 1.38. The number of carbonyl (C=O) groups excluding carboxylic acids is 1. The summed E-state index contributed by atoms with van der Waals surface area (Å²) in [4.78, 5) is 17.1. The molecule has 3 aromatic rings. The highest BCUT2D eigenvalue weighted by atomic mass is 16.5. The van der Waals surface area contributed by atoms with Crippen LogP contribution in [0.4, 0.5) is 0 Å². The summed E-state index contributed by atoms with van der Waals surface area (Å²) in [7, 11) is 1.64. The van der Waals surface area contributed by atoms with Crippen LogP contribution in [0.25, 0.3) is 5.69 Å². The highest BCUT2D eigenvalue weighted by Crippen LogP contribution is 2.21. The first-order chi connectivity index (χ1) is 15.2. The first-order valence-corrected chi connectivity index (χ1v) is 10.3. The third kappa shape index (κ3) is 4.66. The number of hydrogen-bond donors (Lipinski definition) is 0. The van der Waals surface area contributed by atoms with Crippen molar-refractivity contribution in [2.75, 3.05) is 39.9 Å². The minimum Gasteiger partial charge on any atom is -0.497 e. The minimum absolute atomic E-state index is 0.00627. The van der Waals surface area contributed by atoms with Crippen molar-refractivity contribution in [2.45, 2.75) is 13.5 Å². The lowest BCUT2D eigenvalue weighted by Crippen LogP contribution is -2.48. The van der Waals surface area contributed by atoms with E-state index in [-0.39, 0.29) is 5.91 Å². The Morgan fingerprint density at radius 1 is 1.03 bits per heavy atom. The molecule has 2 aromatic carbocycles. The number of hydrogen-bond acceptors (Lipinski definition) is 7. The van der Waals surface area contributed by atoms with Crippen LogP contribution < -0.4 is 9.47 Å². The number of nitrogens with zero attached hydrogens (tertiary/aromatic N) is 6. The van der Waals surface area contributed by atoms with Gasteiger partial charge in [0.15, 0.2) is 5.82 Å². The number of aromatic nitrogens is 4. The van der Waals surface area contributed by atoms with Crippen LogP contribution in [0.15, 0.2) is 48.5 Å². The lowest BCUT2D eigenvalue weighted by molar-refractivity contribution is 0.0620. The number of carbonyl (C=O) groups is 1. The van der Waals surface area contributed by atoms with E-state index in [0.29, 0.717) is 37.6 Å². The second kappa shape index (κ2) is 9.57. The first kappa shape index (κ1) is 20.8. The van der Waals surface area contributed by atoms with E-state index in [1.807, 2.05) is 60.4 Å². The molecule has 0 N–H and O–H groups in total. The summed E-state index contributed by atoms with van der Waals surface area (Å²) in [5.41, 5.74) is 1.49. The monoisotopic (exact) mass is 422 g/mol. The summed E-state index contributed by atoms with van der Waals surface area (Å²) in [5, 5.41) is 12.2.